The number of hydrogen-bond acceptors (Lipinski definition) is 3. The van der Waals surface area contributed by atoms with E-state index in [9.17, 15) is 18.0 Å². The molecule has 1 heterocycles. The number of amides is 1. The highest BCUT2D eigenvalue weighted by molar-refractivity contribution is 5.77. The van der Waals surface area contributed by atoms with E-state index in [1.165, 1.54) is 0 Å². The van der Waals surface area contributed by atoms with Crippen LogP contribution in [-0.4, -0.2) is 44.4 Å². The van der Waals surface area contributed by atoms with E-state index in [1.807, 2.05) is 6.92 Å². The molecule has 2 atom stereocenters. The van der Waals surface area contributed by atoms with Crippen molar-refractivity contribution in [3.8, 4) is 0 Å². The highest BCUT2D eigenvalue weighted by Crippen LogP contribution is 2.22. The van der Waals surface area contributed by atoms with E-state index in [4.69, 9.17) is 4.74 Å². The second-order valence-electron chi connectivity index (χ2n) is 4.39. The summed E-state index contributed by atoms with van der Waals surface area (Å²) in [7, 11) is 0. The Morgan fingerprint density at radius 2 is 2.17 bits per heavy atom. The molecule has 1 saturated heterocycles. The van der Waals surface area contributed by atoms with Crippen LogP contribution in [0.15, 0.2) is 0 Å². The van der Waals surface area contributed by atoms with Crippen molar-refractivity contribution in [2.45, 2.75) is 32.0 Å². The molecule has 2 N–H and O–H groups in total. The molecule has 4 nitrogen and oxygen atoms in total. The smallest absolute Gasteiger partial charge is 0.378 e. The highest BCUT2D eigenvalue weighted by Gasteiger charge is 2.28. The first-order valence-electron chi connectivity index (χ1n) is 6.08. The van der Waals surface area contributed by atoms with Gasteiger partial charge >= 0.3 is 6.18 Å². The minimum atomic E-state index is -4.28. The zero-order valence-electron chi connectivity index (χ0n) is 10.3. The molecule has 2 unspecified atom stereocenters. The molecule has 0 radical (unpaired) electrons. The van der Waals surface area contributed by atoms with Gasteiger partial charge in [0.2, 0.25) is 5.91 Å². The fraction of sp³-hybridized carbons (Fsp3) is 0.909. The molecule has 0 spiro atoms. The van der Waals surface area contributed by atoms with E-state index in [1.54, 1.807) is 0 Å². The number of rotatable bonds is 6. The third kappa shape index (κ3) is 5.68. The molecular formula is C11H19F3N2O2. The average Bonchev–Trinajstić information content (AvgIpc) is 2.71. The fourth-order valence-corrected chi connectivity index (χ4v) is 2.00. The lowest BCUT2D eigenvalue weighted by molar-refractivity contribution is -0.128. The molecular weight excluding hydrogens is 249 g/mol. The van der Waals surface area contributed by atoms with Gasteiger partial charge in [-0.15, -0.1) is 0 Å². The number of ether oxygens (including phenoxy) is 1. The first-order chi connectivity index (χ1) is 8.42. The molecule has 1 aliphatic heterocycles. The number of nitrogens with one attached hydrogen (secondary N) is 2. The summed E-state index contributed by atoms with van der Waals surface area (Å²) in [6.45, 7) is 1.69. The fourth-order valence-electron chi connectivity index (χ4n) is 2.00. The molecule has 0 saturated carbocycles. The summed E-state index contributed by atoms with van der Waals surface area (Å²) in [5.41, 5.74) is 0. The zero-order valence-corrected chi connectivity index (χ0v) is 10.3. The molecule has 0 aromatic rings. The Morgan fingerprint density at radius 3 is 2.78 bits per heavy atom. The predicted molar refractivity (Wildman–Crippen MR) is 60.1 cm³/mol. The maximum absolute atomic E-state index is 11.8. The van der Waals surface area contributed by atoms with Crippen LogP contribution in [0, 0.1) is 5.92 Å². The van der Waals surface area contributed by atoms with Gasteiger partial charge < -0.3 is 15.4 Å². The topological polar surface area (TPSA) is 50.4 Å². The summed E-state index contributed by atoms with van der Waals surface area (Å²) in [5.74, 6) is -0.150. The van der Waals surface area contributed by atoms with Crippen LogP contribution >= 0.6 is 0 Å². The quantitative estimate of drug-likeness (QED) is 0.757. The van der Waals surface area contributed by atoms with Gasteiger partial charge in [0.05, 0.1) is 19.2 Å². The van der Waals surface area contributed by atoms with E-state index in [0.29, 0.717) is 13.2 Å². The monoisotopic (exact) mass is 268 g/mol. The van der Waals surface area contributed by atoms with E-state index in [-0.39, 0.29) is 18.6 Å². The van der Waals surface area contributed by atoms with Gasteiger partial charge in [-0.3, -0.25) is 4.79 Å². The van der Waals surface area contributed by atoms with Gasteiger partial charge in [0.1, 0.15) is 0 Å². The van der Waals surface area contributed by atoms with Crippen molar-refractivity contribution in [3.05, 3.63) is 0 Å². The van der Waals surface area contributed by atoms with Gasteiger partial charge in [0, 0.05) is 19.1 Å². The molecule has 0 bridgehead atoms. The summed E-state index contributed by atoms with van der Waals surface area (Å²) < 4.78 is 40.9. The van der Waals surface area contributed by atoms with Gasteiger partial charge in [-0.05, 0) is 12.8 Å². The van der Waals surface area contributed by atoms with Crippen molar-refractivity contribution >= 4 is 5.91 Å². The average molecular weight is 268 g/mol. The minimum Gasteiger partial charge on any atom is -0.378 e. The van der Waals surface area contributed by atoms with Crippen molar-refractivity contribution in [2.75, 3.05) is 26.2 Å². The van der Waals surface area contributed by atoms with E-state index < -0.39 is 18.6 Å². The van der Waals surface area contributed by atoms with Crippen LogP contribution < -0.4 is 10.6 Å². The van der Waals surface area contributed by atoms with Crippen molar-refractivity contribution in [2.24, 2.45) is 5.92 Å². The first-order valence-corrected chi connectivity index (χ1v) is 6.08. The SMILES string of the molecule is CCC1OCCC1CNC(=O)CNCC(F)(F)F. The van der Waals surface area contributed by atoms with Crippen LogP contribution in [0.4, 0.5) is 13.2 Å². The molecule has 1 aliphatic rings. The minimum absolute atomic E-state index is 0.147. The first kappa shape index (κ1) is 15.2. The maximum Gasteiger partial charge on any atom is 0.401 e. The Labute approximate surface area is 104 Å². The molecule has 0 aromatic heterocycles. The zero-order chi connectivity index (χ0) is 13.6. The summed E-state index contributed by atoms with van der Waals surface area (Å²) >= 11 is 0. The largest absolute Gasteiger partial charge is 0.401 e. The Kier molecular flexibility index (Phi) is 5.87. The number of alkyl halides is 3. The Balaban J connectivity index is 2.13. The number of carbonyl (C=O) groups is 1. The van der Waals surface area contributed by atoms with E-state index in [0.717, 1.165) is 12.8 Å². The standard InChI is InChI=1S/C11H19F3N2O2/c1-2-9-8(3-4-18-9)5-16-10(17)6-15-7-11(12,13)14/h8-9,15H,2-7H2,1H3,(H,16,17). The van der Waals surface area contributed by atoms with Gasteiger partial charge in [-0.2, -0.15) is 13.2 Å². The third-order valence-electron chi connectivity index (χ3n) is 2.92. The lowest BCUT2D eigenvalue weighted by Crippen LogP contribution is -2.40. The summed E-state index contributed by atoms with van der Waals surface area (Å²) in [5, 5.41) is 4.68. The third-order valence-corrected chi connectivity index (χ3v) is 2.92. The van der Waals surface area contributed by atoms with Crippen LogP contribution in [-0.2, 0) is 9.53 Å². The van der Waals surface area contributed by atoms with E-state index in [2.05, 4.69) is 10.6 Å². The van der Waals surface area contributed by atoms with Crippen molar-refractivity contribution in [1.29, 1.82) is 0 Å². The second-order valence-corrected chi connectivity index (χ2v) is 4.39. The Hall–Kier alpha value is -0.820. The van der Waals surface area contributed by atoms with Gasteiger partial charge in [-0.1, -0.05) is 6.92 Å². The normalized spacial score (nSPS) is 24.2. The molecule has 0 aliphatic carbocycles. The van der Waals surface area contributed by atoms with Crippen LogP contribution in [0.3, 0.4) is 0 Å². The lowest BCUT2D eigenvalue weighted by Gasteiger charge is -2.17. The Morgan fingerprint density at radius 1 is 1.44 bits per heavy atom. The molecule has 1 fully saturated rings. The molecule has 1 amide bonds. The summed E-state index contributed by atoms with van der Waals surface area (Å²) in [4.78, 5) is 11.3. The highest BCUT2D eigenvalue weighted by atomic mass is 19.4. The molecule has 18 heavy (non-hydrogen) atoms. The van der Waals surface area contributed by atoms with Gasteiger partial charge in [0.25, 0.3) is 0 Å². The van der Waals surface area contributed by atoms with Crippen LogP contribution in [0.1, 0.15) is 19.8 Å². The summed E-state index contributed by atoms with van der Waals surface area (Å²) in [6, 6.07) is 0. The van der Waals surface area contributed by atoms with Gasteiger partial charge in [-0.25, -0.2) is 0 Å². The number of halogens is 3. The Bertz CT molecular complexity index is 272. The van der Waals surface area contributed by atoms with Crippen LogP contribution in [0.25, 0.3) is 0 Å². The lowest BCUT2D eigenvalue weighted by atomic mass is 10.00. The molecule has 0 aromatic carbocycles. The number of carbonyl (C=O) groups excluding carboxylic acids is 1. The second kappa shape index (κ2) is 6.94. The maximum atomic E-state index is 11.8. The van der Waals surface area contributed by atoms with Crippen LogP contribution in [0.2, 0.25) is 0 Å². The predicted octanol–water partition coefficient (Wildman–Crippen LogP) is 1.07. The summed E-state index contributed by atoms with van der Waals surface area (Å²) in [6.07, 6.45) is -2.37. The van der Waals surface area contributed by atoms with Crippen LogP contribution in [0.5, 0.6) is 0 Å². The molecule has 7 heteroatoms. The number of hydrogen-bond donors (Lipinski definition) is 2. The van der Waals surface area contributed by atoms with Crippen molar-refractivity contribution in [3.63, 3.8) is 0 Å². The van der Waals surface area contributed by atoms with Gasteiger partial charge in [0.15, 0.2) is 0 Å². The molecule has 1 rings (SSSR count). The van der Waals surface area contributed by atoms with Crippen molar-refractivity contribution in [1.82, 2.24) is 10.6 Å². The molecule has 106 valence electrons. The van der Waals surface area contributed by atoms with E-state index >= 15 is 0 Å². The van der Waals surface area contributed by atoms with Crippen molar-refractivity contribution < 1.29 is 22.7 Å².